The van der Waals surface area contributed by atoms with E-state index in [2.05, 4.69) is 10.4 Å². The third-order valence-electron chi connectivity index (χ3n) is 4.18. The van der Waals surface area contributed by atoms with E-state index in [4.69, 9.17) is 9.47 Å². The molecule has 0 saturated carbocycles. The Hall–Kier alpha value is -2.35. The van der Waals surface area contributed by atoms with Gasteiger partial charge in [-0.05, 0) is 39.0 Å². The Balaban J connectivity index is 1.96. The van der Waals surface area contributed by atoms with Crippen molar-refractivity contribution >= 4 is 22.5 Å². The fourth-order valence-electron chi connectivity index (χ4n) is 2.90. The van der Waals surface area contributed by atoms with Crippen LogP contribution < -0.4 is 14.8 Å². The van der Waals surface area contributed by atoms with Crippen LogP contribution in [0.5, 0.6) is 11.5 Å². The quantitative estimate of drug-likeness (QED) is 0.886. The van der Waals surface area contributed by atoms with Gasteiger partial charge in [-0.1, -0.05) is 0 Å². The molecule has 1 aliphatic heterocycles. The first kappa shape index (κ1) is 18.4. The number of amides is 1. The minimum atomic E-state index is -0.966. The molecule has 1 aromatic heterocycles. The smallest absolute Gasteiger partial charge is 0.256 e. The summed E-state index contributed by atoms with van der Waals surface area (Å²) < 4.78 is 24.2. The summed E-state index contributed by atoms with van der Waals surface area (Å²) in [6, 6.07) is 4.99. The Morgan fingerprint density at radius 1 is 1.19 bits per heavy atom. The molecule has 2 heterocycles. The maximum absolute atomic E-state index is 12.8. The van der Waals surface area contributed by atoms with E-state index < -0.39 is 10.8 Å². The number of anilines is 1. The molecule has 2 aromatic rings. The summed E-state index contributed by atoms with van der Waals surface area (Å²) in [5, 5.41) is 7.54. The minimum absolute atomic E-state index is 0.281. The summed E-state index contributed by atoms with van der Waals surface area (Å²) in [5.74, 6) is 2.20. The van der Waals surface area contributed by atoms with Crippen molar-refractivity contribution in [1.82, 2.24) is 9.78 Å². The number of aromatic nitrogens is 2. The molecule has 1 aromatic carbocycles. The topological polar surface area (TPSA) is 82.5 Å². The van der Waals surface area contributed by atoms with Gasteiger partial charge in [-0.25, -0.2) is 4.68 Å². The number of methoxy groups -OCH3 is 2. The van der Waals surface area contributed by atoms with Crippen LogP contribution in [0.4, 0.5) is 5.82 Å². The van der Waals surface area contributed by atoms with Crippen molar-refractivity contribution in [3.63, 3.8) is 0 Å². The number of hydrogen-bond acceptors (Lipinski definition) is 5. The van der Waals surface area contributed by atoms with Gasteiger partial charge in [0.15, 0.2) is 11.5 Å². The van der Waals surface area contributed by atoms with Gasteiger partial charge in [0.25, 0.3) is 5.91 Å². The van der Waals surface area contributed by atoms with E-state index in [1.54, 1.807) is 30.0 Å². The first-order valence-electron chi connectivity index (χ1n) is 8.24. The van der Waals surface area contributed by atoms with E-state index in [1.807, 2.05) is 20.8 Å². The fraction of sp³-hybridized carbons (Fsp3) is 0.444. The summed E-state index contributed by atoms with van der Waals surface area (Å²) in [6.45, 7) is 6.04. The van der Waals surface area contributed by atoms with Crippen molar-refractivity contribution in [1.29, 1.82) is 0 Å². The molecular formula is C18H23N3O4S. The lowest BCUT2D eigenvalue weighted by atomic mass is 10.1. The first-order chi connectivity index (χ1) is 12.2. The molecule has 1 N–H and O–H groups in total. The number of nitrogens with one attached hydrogen (secondary N) is 1. The van der Waals surface area contributed by atoms with Crippen LogP contribution in [0.3, 0.4) is 0 Å². The number of carbonyl (C=O) groups excluding carboxylic acids is 1. The van der Waals surface area contributed by atoms with Gasteiger partial charge in [0, 0.05) is 21.9 Å². The number of ether oxygens (including phenoxy) is 2. The second-order valence-electron chi connectivity index (χ2n) is 7.11. The largest absolute Gasteiger partial charge is 0.493 e. The van der Waals surface area contributed by atoms with Crippen LogP contribution in [-0.2, 0) is 27.8 Å². The van der Waals surface area contributed by atoms with Crippen LogP contribution in [-0.4, -0.2) is 34.1 Å². The molecule has 0 saturated heterocycles. The van der Waals surface area contributed by atoms with Crippen LogP contribution in [0.15, 0.2) is 18.2 Å². The SMILES string of the molecule is COc1ccc(C(=O)Nc2c3c(nn2C(C)(C)C)CS(=O)C3)cc1OC. The molecule has 8 heteroatoms. The van der Waals surface area contributed by atoms with Gasteiger partial charge < -0.3 is 14.8 Å². The van der Waals surface area contributed by atoms with E-state index >= 15 is 0 Å². The van der Waals surface area contributed by atoms with E-state index in [-0.39, 0.29) is 11.4 Å². The third kappa shape index (κ3) is 3.33. The van der Waals surface area contributed by atoms with Gasteiger partial charge >= 0.3 is 0 Å². The Morgan fingerprint density at radius 3 is 2.50 bits per heavy atom. The predicted molar refractivity (Wildman–Crippen MR) is 100 cm³/mol. The van der Waals surface area contributed by atoms with E-state index in [1.165, 1.54) is 7.11 Å². The summed E-state index contributed by atoms with van der Waals surface area (Å²) in [6.07, 6.45) is 0. The molecule has 1 atom stereocenters. The normalized spacial score (nSPS) is 16.3. The second-order valence-corrected chi connectivity index (χ2v) is 8.57. The highest BCUT2D eigenvalue weighted by atomic mass is 32.2. The zero-order valence-corrected chi connectivity index (χ0v) is 16.4. The van der Waals surface area contributed by atoms with Gasteiger partial charge in [-0.15, -0.1) is 0 Å². The van der Waals surface area contributed by atoms with Crippen molar-refractivity contribution < 1.29 is 18.5 Å². The van der Waals surface area contributed by atoms with Crippen molar-refractivity contribution in [3.8, 4) is 11.5 Å². The highest BCUT2D eigenvalue weighted by Crippen LogP contribution is 2.34. The number of benzene rings is 1. The van der Waals surface area contributed by atoms with Crippen LogP contribution in [0, 0.1) is 0 Å². The van der Waals surface area contributed by atoms with Crippen LogP contribution in [0.1, 0.15) is 42.4 Å². The van der Waals surface area contributed by atoms with Crippen LogP contribution in [0.25, 0.3) is 0 Å². The number of carbonyl (C=O) groups is 1. The second kappa shape index (κ2) is 6.75. The van der Waals surface area contributed by atoms with E-state index in [0.29, 0.717) is 34.4 Å². The number of rotatable bonds is 4. The van der Waals surface area contributed by atoms with Crippen molar-refractivity contribution in [2.45, 2.75) is 37.8 Å². The summed E-state index contributed by atoms with van der Waals surface area (Å²) in [5.41, 5.74) is 1.77. The van der Waals surface area contributed by atoms with Crippen molar-refractivity contribution in [3.05, 3.63) is 35.0 Å². The van der Waals surface area contributed by atoms with E-state index in [0.717, 1.165) is 11.3 Å². The summed E-state index contributed by atoms with van der Waals surface area (Å²) in [4.78, 5) is 12.8. The van der Waals surface area contributed by atoms with Crippen LogP contribution >= 0.6 is 0 Å². The minimum Gasteiger partial charge on any atom is -0.493 e. The lowest BCUT2D eigenvalue weighted by Crippen LogP contribution is -2.27. The monoisotopic (exact) mass is 377 g/mol. The Kier molecular flexibility index (Phi) is 4.79. The predicted octanol–water partition coefficient (Wildman–Crippen LogP) is 2.67. The average molecular weight is 377 g/mol. The molecule has 7 nitrogen and oxygen atoms in total. The lowest BCUT2D eigenvalue weighted by Gasteiger charge is -2.23. The molecule has 1 unspecified atom stereocenters. The number of fused-ring (bicyclic) bond motifs is 1. The molecule has 140 valence electrons. The van der Waals surface area contributed by atoms with E-state index in [9.17, 15) is 9.00 Å². The summed E-state index contributed by atoms with van der Waals surface area (Å²) >= 11 is 0. The Labute approximate surface area is 155 Å². The first-order valence-corrected chi connectivity index (χ1v) is 9.73. The molecule has 0 fully saturated rings. The molecule has 0 radical (unpaired) electrons. The molecule has 1 amide bonds. The lowest BCUT2D eigenvalue weighted by molar-refractivity contribution is 0.102. The van der Waals surface area contributed by atoms with Gasteiger partial charge in [0.05, 0.1) is 37.0 Å². The Morgan fingerprint density at radius 2 is 1.88 bits per heavy atom. The standard InChI is InChI=1S/C18H23N3O4S/c1-18(2,3)21-16(12-9-26(23)10-13(12)20-21)19-17(22)11-6-7-14(24-4)15(8-11)25-5/h6-8H,9-10H2,1-5H3,(H,19,22). The third-order valence-corrected chi connectivity index (χ3v) is 5.39. The van der Waals surface area contributed by atoms with Crippen LogP contribution in [0.2, 0.25) is 0 Å². The highest BCUT2D eigenvalue weighted by Gasteiger charge is 2.31. The maximum atomic E-state index is 12.8. The molecule has 0 spiro atoms. The Bertz CT molecular complexity index is 883. The van der Waals surface area contributed by atoms with Gasteiger partial charge in [0.1, 0.15) is 5.82 Å². The zero-order chi connectivity index (χ0) is 19.1. The molecule has 26 heavy (non-hydrogen) atoms. The molecule has 0 aliphatic carbocycles. The van der Waals surface area contributed by atoms with Gasteiger partial charge in [-0.2, -0.15) is 5.10 Å². The molecular weight excluding hydrogens is 354 g/mol. The van der Waals surface area contributed by atoms with Gasteiger partial charge in [-0.3, -0.25) is 9.00 Å². The maximum Gasteiger partial charge on any atom is 0.256 e. The molecule has 3 rings (SSSR count). The average Bonchev–Trinajstić information content (AvgIpc) is 3.11. The zero-order valence-electron chi connectivity index (χ0n) is 15.6. The number of hydrogen-bond donors (Lipinski definition) is 1. The molecule has 1 aliphatic rings. The summed E-state index contributed by atoms with van der Waals surface area (Å²) in [7, 11) is 2.10. The van der Waals surface area contributed by atoms with Crippen molar-refractivity contribution in [2.24, 2.45) is 0 Å². The van der Waals surface area contributed by atoms with Gasteiger partial charge in [0.2, 0.25) is 0 Å². The highest BCUT2D eigenvalue weighted by molar-refractivity contribution is 7.83. The fourth-order valence-corrected chi connectivity index (χ4v) is 4.16. The van der Waals surface area contributed by atoms with Crippen molar-refractivity contribution in [2.75, 3.05) is 19.5 Å². The number of nitrogens with zero attached hydrogens (tertiary/aromatic N) is 2. The molecule has 0 bridgehead atoms.